The molecule has 0 spiro atoms. The summed E-state index contributed by atoms with van der Waals surface area (Å²) < 4.78 is 15.9. The number of carbonyl (C=O) groups is 2. The van der Waals surface area contributed by atoms with E-state index in [0.29, 0.717) is 0 Å². The van der Waals surface area contributed by atoms with Gasteiger partial charge in [-0.25, -0.2) is 4.39 Å². The van der Waals surface area contributed by atoms with Crippen molar-refractivity contribution >= 4 is 17.5 Å². The maximum Gasteiger partial charge on any atom is 0.247 e. The molecule has 6 heteroatoms. The van der Waals surface area contributed by atoms with E-state index in [1.807, 2.05) is 52.4 Å². The number of hydrogen-bond acceptors (Lipinski definition) is 2. The predicted molar refractivity (Wildman–Crippen MR) is 128 cm³/mol. The number of rotatable bonds is 5. The van der Waals surface area contributed by atoms with E-state index in [0.717, 1.165) is 61.2 Å². The van der Waals surface area contributed by atoms with Gasteiger partial charge >= 0.3 is 0 Å². The molecular weight excluding hydrogens is 429 g/mol. The van der Waals surface area contributed by atoms with Crippen LogP contribution in [0, 0.1) is 11.7 Å². The van der Waals surface area contributed by atoms with E-state index in [2.05, 4.69) is 4.57 Å². The van der Waals surface area contributed by atoms with E-state index in [9.17, 15) is 14.0 Å². The number of hydrogen-bond donors (Lipinski definition) is 0. The van der Waals surface area contributed by atoms with Gasteiger partial charge in [-0.3, -0.25) is 14.5 Å². The van der Waals surface area contributed by atoms with E-state index < -0.39 is 6.04 Å². The zero-order valence-electron chi connectivity index (χ0n) is 19.1. The maximum absolute atomic E-state index is 14.1. The van der Waals surface area contributed by atoms with Gasteiger partial charge in [0.2, 0.25) is 11.8 Å². The molecule has 5 nitrogen and oxygen atoms in total. The third-order valence-electron chi connectivity index (χ3n) is 7.45. The summed E-state index contributed by atoms with van der Waals surface area (Å²) in [5, 5.41) is 0. The highest BCUT2D eigenvalue weighted by Gasteiger charge is 2.41. The van der Waals surface area contributed by atoms with Gasteiger partial charge in [0, 0.05) is 18.2 Å². The minimum absolute atomic E-state index is 0.0483. The summed E-state index contributed by atoms with van der Waals surface area (Å²) >= 11 is 0. The van der Waals surface area contributed by atoms with Crippen molar-refractivity contribution in [3.8, 4) is 5.69 Å². The van der Waals surface area contributed by atoms with E-state index in [-0.39, 0.29) is 36.1 Å². The zero-order chi connectivity index (χ0) is 23.2. The van der Waals surface area contributed by atoms with Crippen molar-refractivity contribution in [2.45, 2.75) is 50.6 Å². The molecule has 1 aliphatic heterocycles. The van der Waals surface area contributed by atoms with Gasteiger partial charge in [0.15, 0.2) is 0 Å². The van der Waals surface area contributed by atoms with Crippen molar-refractivity contribution in [3.05, 3.63) is 83.9 Å². The van der Waals surface area contributed by atoms with Gasteiger partial charge in [0.25, 0.3) is 0 Å². The molecule has 0 bridgehead atoms. The smallest absolute Gasteiger partial charge is 0.247 e. The van der Waals surface area contributed by atoms with Crippen LogP contribution >= 0.6 is 0 Å². The van der Waals surface area contributed by atoms with E-state index in [1.54, 1.807) is 12.1 Å². The third-order valence-corrected chi connectivity index (χ3v) is 7.45. The van der Waals surface area contributed by atoms with Gasteiger partial charge in [-0.1, -0.05) is 37.1 Å². The van der Waals surface area contributed by atoms with Crippen LogP contribution in [0.3, 0.4) is 0 Å². The Morgan fingerprint density at radius 3 is 2.29 bits per heavy atom. The summed E-state index contributed by atoms with van der Waals surface area (Å²) in [6, 6.07) is 17.9. The van der Waals surface area contributed by atoms with Crippen molar-refractivity contribution < 1.29 is 14.0 Å². The molecule has 0 saturated heterocycles. The summed E-state index contributed by atoms with van der Waals surface area (Å²) in [6.07, 6.45) is 7.95. The number of aromatic nitrogens is 1. The van der Waals surface area contributed by atoms with E-state index in [4.69, 9.17) is 0 Å². The molecule has 0 N–H and O–H groups in total. The number of amides is 2. The van der Waals surface area contributed by atoms with Crippen LogP contribution in [0.15, 0.2) is 66.9 Å². The second-order valence-corrected chi connectivity index (χ2v) is 9.69. The van der Waals surface area contributed by atoms with E-state index in [1.165, 1.54) is 12.1 Å². The average molecular weight is 458 g/mol. The molecule has 2 aromatic carbocycles. The van der Waals surface area contributed by atoms with Gasteiger partial charge < -0.3 is 9.47 Å². The molecule has 2 saturated carbocycles. The molecule has 2 fully saturated rings. The predicted octanol–water partition coefficient (Wildman–Crippen LogP) is 5.23. The highest BCUT2D eigenvalue weighted by atomic mass is 19.1. The topological polar surface area (TPSA) is 45.6 Å². The lowest BCUT2D eigenvalue weighted by atomic mass is 9.97. The normalized spacial score (nSPS) is 19.6. The van der Waals surface area contributed by atoms with Gasteiger partial charge in [-0.15, -0.1) is 0 Å². The van der Waals surface area contributed by atoms with E-state index >= 15 is 0 Å². The average Bonchev–Trinajstić information content (AvgIpc) is 3.32. The van der Waals surface area contributed by atoms with Crippen LogP contribution < -0.4 is 4.90 Å². The highest BCUT2D eigenvalue weighted by Crippen LogP contribution is 2.43. The quantitative estimate of drug-likeness (QED) is 0.526. The number of carbonyl (C=O) groups excluding carboxylic acids is 2. The second kappa shape index (κ2) is 8.42. The molecule has 3 aliphatic rings. The van der Waals surface area contributed by atoms with Crippen molar-refractivity contribution in [2.75, 3.05) is 11.4 Å². The van der Waals surface area contributed by atoms with Crippen LogP contribution in [0.4, 0.5) is 10.1 Å². The lowest BCUT2D eigenvalue weighted by molar-refractivity contribution is -0.139. The van der Waals surface area contributed by atoms with Gasteiger partial charge in [-0.05, 0) is 67.6 Å². The summed E-state index contributed by atoms with van der Waals surface area (Å²) in [6.45, 7) is 0.0761. The first-order valence-electron chi connectivity index (χ1n) is 12.3. The van der Waals surface area contributed by atoms with Crippen LogP contribution in [0.1, 0.15) is 55.8 Å². The highest BCUT2D eigenvalue weighted by molar-refractivity contribution is 6.00. The third kappa shape index (κ3) is 3.61. The van der Waals surface area contributed by atoms with Crippen molar-refractivity contribution in [1.29, 1.82) is 0 Å². The van der Waals surface area contributed by atoms with Crippen LogP contribution in [0.25, 0.3) is 5.69 Å². The summed E-state index contributed by atoms with van der Waals surface area (Å²) in [7, 11) is 0. The number of fused-ring (bicyclic) bond motifs is 3. The lowest BCUT2D eigenvalue weighted by Crippen LogP contribution is -2.48. The molecule has 1 aromatic heterocycles. The molecule has 6 rings (SSSR count). The molecule has 1 unspecified atom stereocenters. The molecule has 0 radical (unpaired) electrons. The second-order valence-electron chi connectivity index (χ2n) is 9.69. The minimum atomic E-state index is -0.402. The lowest BCUT2D eigenvalue weighted by Gasteiger charge is -2.39. The number of benzene rings is 2. The Labute approximate surface area is 198 Å². The van der Waals surface area contributed by atoms with Crippen LogP contribution in [0.2, 0.25) is 0 Å². The number of halogens is 1. The minimum Gasteiger partial charge on any atom is -0.330 e. The van der Waals surface area contributed by atoms with Crippen LogP contribution in [-0.2, 0) is 9.59 Å². The van der Waals surface area contributed by atoms with Gasteiger partial charge in [0.1, 0.15) is 18.4 Å². The SMILES string of the molecule is O=C(C1CCCC1)N(CC(=O)N1c2ccccc2-n2cccc2C1c1ccc(F)cc1)C1CC1. The molecular formula is C28H28FN3O2. The molecule has 2 aliphatic carbocycles. The van der Waals surface area contributed by atoms with Crippen LogP contribution in [-0.4, -0.2) is 33.9 Å². The first-order valence-corrected chi connectivity index (χ1v) is 12.3. The van der Waals surface area contributed by atoms with Crippen molar-refractivity contribution in [1.82, 2.24) is 9.47 Å². The maximum atomic E-state index is 14.1. The van der Waals surface area contributed by atoms with Gasteiger partial charge in [-0.2, -0.15) is 0 Å². The zero-order valence-corrected chi connectivity index (χ0v) is 19.1. The summed E-state index contributed by atoms with van der Waals surface area (Å²) in [5.74, 6) is -0.227. The monoisotopic (exact) mass is 457 g/mol. The van der Waals surface area contributed by atoms with Crippen molar-refractivity contribution in [2.24, 2.45) is 5.92 Å². The Kier molecular flexibility index (Phi) is 5.24. The molecule has 3 aromatic rings. The Bertz CT molecular complexity index is 1220. The number of nitrogens with zero attached hydrogens (tertiary/aromatic N) is 3. The Hall–Kier alpha value is -3.41. The first-order chi connectivity index (χ1) is 16.6. The number of para-hydroxylation sites is 2. The fraction of sp³-hybridized carbons (Fsp3) is 0.357. The standard InChI is InChI=1S/C28H28FN3O2/c29-21-13-11-19(12-14-21)27-25-10-5-17-30(25)23-8-3-4-9-24(23)32(27)26(33)18-31(22-15-16-22)28(34)20-6-1-2-7-20/h3-5,8-14,17,20,22,27H,1-2,6-7,15-16,18H2. The largest absolute Gasteiger partial charge is 0.330 e. The molecule has 2 amide bonds. The molecule has 2 heterocycles. The first kappa shape index (κ1) is 21.1. The Morgan fingerprint density at radius 1 is 0.882 bits per heavy atom. The van der Waals surface area contributed by atoms with Crippen molar-refractivity contribution in [3.63, 3.8) is 0 Å². The Morgan fingerprint density at radius 2 is 1.59 bits per heavy atom. The van der Waals surface area contributed by atoms with Crippen LogP contribution in [0.5, 0.6) is 0 Å². The molecule has 34 heavy (non-hydrogen) atoms. The van der Waals surface area contributed by atoms with Gasteiger partial charge in [0.05, 0.1) is 17.1 Å². The Balaban J connectivity index is 1.40. The summed E-state index contributed by atoms with van der Waals surface area (Å²) in [4.78, 5) is 31.1. The molecule has 1 atom stereocenters. The molecule has 174 valence electrons. The summed E-state index contributed by atoms with van der Waals surface area (Å²) in [5.41, 5.74) is 3.51. The fourth-order valence-electron chi connectivity index (χ4n) is 5.62. The fourth-order valence-corrected chi connectivity index (χ4v) is 5.62. The number of anilines is 1.